The third-order valence-corrected chi connectivity index (χ3v) is 9.32. The van der Waals surface area contributed by atoms with E-state index in [1.54, 1.807) is 10.6 Å². The van der Waals surface area contributed by atoms with Crippen molar-refractivity contribution in [1.82, 2.24) is 9.55 Å². The van der Waals surface area contributed by atoms with Crippen LogP contribution in [0.5, 0.6) is 5.75 Å². The van der Waals surface area contributed by atoms with E-state index in [1.165, 1.54) is 12.1 Å². The first-order chi connectivity index (χ1) is 18.5. The highest BCUT2D eigenvalue weighted by Crippen LogP contribution is 2.34. The molecule has 1 saturated heterocycles. The van der Waals surface area contributed by atoms with Crippen LogP contribution in [0.1, 0.15) is 88.2 Å². The van der Waals surface area contributed by atoms with Gasteiger partial charge in [-0.3, -0.25) is 9.36 Å². The summed E-state index contributed by atoms with van der Waals surface area (Å²) >= 11 is 0. The fraction of sp³-hybridized carbons (Fsp3) is 0.533. The number of ether oxygens (including phenoxy) is 1. The summed E-state index contributed by atoms with van der Waals surface area (Å²) in [7, 11) is -1.22. The Morgan fingerprint density at radius 1 is 1.13 bits per heavy atom. The van der Waals surface area contributed by atoms with E-state index in [4.69, 9.17) is 9.72 Å². The van der Waals surface area contributed by atoms with Crippen molar-refractivity contribution in [2.45, 2.75) is 84.3 Å². The van der Waals surface area contributed by atoms with Gasteiger partial charge >= 0.3 is 0 Å². The van der Waals surface area contributed by atoms with Gasteiger partial charge in [-0.2, -0.15) is 0 Å². The number of nitrogens with one attached hydrogen (secondary N) is 1. The third-order valence-electron chi connectivity index (χ3n) is 7.61. The maximum Gasteiger partial charge on any atom is 0.261 e. The van der Waals surface area contributed by atoms with Crippen molar-refractivity contribution < 1.29 is 17.5 Å². The lowest BCUT2D eigenvalue weighted by Gasteiger charge is -2.26. The molecule has 0 spiro atoms. The maximum absolute atomic E-state index is 14.2. The largest absolute Gasteiger partial charge is 0.488 e. The molecule has 9 heteroatoms. The van der Waals surface area contributed by atoms with E-state index in [1.807, 2.05) is 33.0 Å². The van der Waals surface area contributed by atoms with Crippen molar-refractivity contribution in [2.75, 3.05) is 16.8 Å². The quantitative estimate of drug-likeness (QED) is 0.320. The van der Waals surface area contributed by atoms with Crippen molar-refractivity contribution in [1.29, 1.82) is 0 Å². The summed E-state index contributed by atoms with van der Waals surface area (Å²) in [5.41, 5.74) is 3.07. The molecule has 0 radical (unpaired) electrons. The number of rotatable bonds is 10. The van der Waals surface area contributed by atoms with E-state index in [0.717, 1.165) is 42.6 Å². The van der Waals surface area contributed by atoms with E-state index in [0.29, 0.717) is 35.2 Å². The van der Waals surface area contributed by atoms with Gasteiger partial charge in [0.25, 0.3) is 5.56 Å². The van der Waals surface area contributed by atoms with E-state index in [-0.39, 0.29) is 35.1 Å². The molecule has 2 heterocycles. The predicted molar refractivity (Wildman–Crippen MR) is 155 cm³/mol. The molecular weight excluding hydrogens is 517 g/mol. The molecule has 1 N–H and O–H groups in total. The minimum Gasteiger partial charge on any atom is -0.488 e. The zero-order chi connectivity index (χ0) is 28.3. The minimum atomic E-state index is -3.03. The molecule has 1 aliphatic rings. The van der Waals surface area contributed by atoms with Crippen molar-refractivity contribution in [3.63, 3.8) is 0 Å². The summed E-state index contributed by atoms with van der Waals surface area (Å²) in [5.74, 6) is 1.07. The molecule has 1 fully saturated rings. The van der Waals surface area contributed by atoms with Gasteiger partial charge in [0, 0.05) is 24.6 Å². The number of nitrogens with zero attached hydrogens (tertiary/aromatic N) is 2. The Labute approximate surface area is 230 Å². The van der Waals surface area contributed by atoms with E-state index >= 15 is 0 Å². The highest BCUT2D eigenvalue weighted by molar-refractivity contribution is 7.91. The molecule has 0 amide bonds. The molecular formula is C30H40FN3O4S. The average Bonchev–Trinajstić information content (AvgIpc) is 2.88. The Hall–Kier alpha value is -2.94. The van der Waals surface area contributed by atoms with Crippen LogP contribution in [0.3, 0.4) is 0 Å². The Bertz CT molecular complexity index is 1480. The van der Waals surface area contributed by atoms with Gasteiger partial charge < -0.3 is 10.1 Å². The molecule has 7 nitrogen and oxygen atoms in total. The van der Waals surface area contributed by atoms with Gasteiger partial charge in [0.15, 0.2) is 9.84 Å². The van der Waals surface area contributed by atoms with Gasteiger partial charge in [0.2, 0.25) is 0 Å². The molecule has 1 aromatic heterocycles. The van der Waals surface area contributed by atoms with Crippen LogP contribution in [0.4, 0.5) is 10.1 Å². The Morgan fingerprint density at radius 2 is 1.79 bits per heavy atom. The molecule has 39 heavy (non-hydrogen) atoms. The maximum atomic E-state index is 14.2. The van der Waals surface area contributed by atoms with Crippen LogP contribution >= 0.6 is 0 Å². The lowest BCUT2D eigenvalue weighted by molar-refractivity contribution is 0.190. The fourth-order valence-electron chi connectivity index (χ4n) is 5.55. The van der Waals surface area contributed by atoms with Crippen molar-refractivity contribution >= 4 is 26.4 Å². The molecule has 1 aliphatic heterocycles. The number of hydrogen-bond acceptors (Lipinski definition) is 6. The Balaban J connectivity index is 1.71. The normalized spacial score (nSPS) is 16.5. The molecule has 1 atom stereocenters. The predicted octanol–water partition coefficient (Wildman–Crippen LogP) is 6.19. The molecule has 4 rings (SSSR count). The smallest absolute Gasteiger partial charge is 0.261 e. The molecule has 212 valence electrons. The number of benzene rings is 2. The average molecular weight is 558 g/mol. The SMILES string of the molecule is CCCC(CCC)c1nc2c(C(C)Nc3ccc(F)cc3OC3CCS(=O)(=O)CC3)cc(C)cc2c(=O)n1C. The lowest BCUT2D eigenvalue weighted by atomic mass is 9.96. The number of anilines is 1. The highest BCUT2D eigenvalue weighted by atomic mass is 32.2. The topological polar surface area (TPSA) is 90.3 Å². The molecule has 1 unspecified atom stereocenters. The van der Waals surface area contributed by atoms with Crippen molar-refractivity contribution in [3.05, 3.63) is 63.5 Å². The first kappa shape index (κ1) is 29.1. The second-order valence-electron chi connectivity index (χ2n) is 10.8. The van der Waals surface area contributed by atoms with Gasteiger partial charge in [-0.05, 0) is 63.3 Å². The summed E-state index contributed by atoms with van der Waals surface area (Å²) in [6.45, 7) is 8.25. The van der Waals surface area contributed by atoms with Gasteiger partial charge in [0.05, 0.1) is 34.1 Å². The fourth-order valence-corrected chi connectivity index (χ4v) is 7.00. The zero-order valence-electron chi connectivity index (χ0n) is 23.6. The number of aromatic nitrogens is 2. The minimum absolute atomic E-state index is 0.0533. The number of aryl methyl sites for hydroxylation is 1. The van der Waals surface area contributed by atoms with Crippen LogP contribution in [0.25, 0.3) is 10.9 Å². The highest BCUT2D eigenvalue weighted by Gasteiger charge is 2.26. The standard InChI is InChI=1S/C30H40FN3O4S/c1-6-8-21(9-7-2)29-33-28-24(16-19(3)17-25(28)30(35)34(29)5)20(4)32-26-11-10-22(31)18-27(26)38-23-12-14-39(36,37)15-13-23/h10-11,16-18,20-21,23,32H,6-9,12-15H2,1-5H3. The van der Waals surface area contributed by atoms with Crippen LogP contribution in [0.2, 0.25) is 0 Å². The first-order valence-electron chi connectivity index (χ1n) is 14.0. The number of fused-ring (bicyclic) bond motifs is 1. The summed E-state index contributed by atoms with van der Waals surface area (Å²) in [5, 5.41) is 4.03. The molecule has 0 bridgehead atoms. The van der Waals surface area contributed by atoms with Gasteiger partial charge in [-0.25, -0.2) is 17.8 Å². The molecule has 2 aromatic carbocycles. The summed E-state index contributed by atoms with van der Waals surface area (Å²) in [6, 6.07) is 8.00. The van der Waals surface area contributed by atoms with Gasteiger partial charge in [-0.1, -0.05) is 32.8 Å². The molecule has 0 saturated carbocycles. The van der Waals surface area contributed by atoms with Crippen LogP contribution in [-0.4, -0.2) is 35.6 Å². The van der Waals surface area contributed by atoms with E-state index < -0.39 is 15.7 Å². The number of halogens is 1. The summed E-state index contributed by atoms with van der Waals surface area (Å²) in [6.07, 6.45) is 4.41. The summed E-state index contributed by atoms with van der Waals surface area (Å²) < 4.78 is 45.7. The van der Waals surface area contributed by atoms with Crippen LogP contribution in [-0.2, 0) is 16.9 Å². The second kappa shape index (κ2) is 12.1. The second-order valence-corrected chi connectivity index (χ2v) is 13.1. The molecule has 3 aromatic rings. The van der Waals surface area contributed by atoms with E-state index in [2.05, 4.69) is 19.2 Å². The number of hydrogen-bond donors (Lipinski definition) is 1. The first-order valence-corrected chi connectivity index (χ1v) is 15.8. The van der Waals surface area contributed by atoms with Gasteiger partial charge in [0.1, 0.15) is 23.5 Å². The third kappa shape index (κ3) is 6.62. The number of sulfone groups is 1. The monoisotopic (exact) mass is 557 g/mol. The zero-order valence-corrected chi connectivity index (χ0v) is 24.4. The van der Waals surface area contributed by atoms with Crippen molar-refractivity contribution in [3.8, 4) is 5.75 Å². The van der Waals surface area contributed by atoms with Gasteiger partial charge in [-0.15, -0.1) is 0 Å². The van der Waals surface area contributed by atoms with Crippen molar-refractivity contribution in [2.24, 2.45) is 7.05 Å². The lowest BCUT2D eigenvalue weighted by Crippen LogP contribution is -2.31. The van der Waals surface area contributed by atoms with E-state index in [9.17, 15) is 17.6 Å². The molecule has 0 aliphatic carbocycles. The summed E-state index contributed by atoms with van der Waals surface area (Å²) in [4.78, 5) is 18.6. The Kier molecular flexibility index (Phi) is 8.99. The van der Waals surface area contributed by atoms with Crippen LogP contribution in [0, 0.1) is 12.7 Å². The Morgan fingerprint density at radius 3 is 2.44 bits per heavy atom. The van der Waals surface area contributed by atoms with Crippen LogP contribution in [0.15, 0.2) is 35.1 Å². The van der Waals surface area contributed by atoms with Crippen LogP contribution < -0.4 is 15.6 Å².